The van der Waals surface area contributed by atoms with Gasteiger partial charge in [-0.2, -0.15) is 0 Å². The number of carbonyl (C=O) groups is 2. The Hall–Kier alpha value is -4.07. The molecule has 0 radical (unpaired) electrons. The molecule has 3 aromatic rings. The SMILES string of the molecule is C=CCOc1ccccc1-n1cnc(C[C@H](NC(=O)OCc2ccccc2)C(=O)OC)c1. The second-order valence-corrected chi connectivity index (χ2v) is 6.83. The molecule has 166 valence electrons. The highest BCUT2D eigenvalue weighted by molar-refractivity contribution is 5.81. The normalized spacial score (nSPS) is 11.3. The number of imidazole rings is 1. The summed E-state index contributed by atoms with van der Waals surface area (Å²) < 4.78 is 17.5. The molecule has 0 fully saturated rings. The molecule has 0 saturated carbocycles. The smallest absolute Gasteiger partial charge is 0.408 e. The van der Waals surface area contributed by atoms with E-state index in [1.165, 1.54) is 7.11 Å². The Morgan fingerprint density at radius 2 is 1.91 bits per heavy atom. The number of hydrogen-bond acceptors (Lipinski definition) is 6. The van der Waals surface area contributed by atoms with Gasteiger partial charge in [-0.1, -0.05) is 55.1 Å². The average molecular weight is 435 g/mol. The fourth-order valence-corrected chi connectivity index (χ4v) is 2.99. The number of aromatic nitrogens is 2. The molecule has 1 N–H and O–H groups in total. The molecule has 1 aromatic heterocycles. The maximum absolute atomic E-state index is 12.2. The number of rotatable bonds is 10. The van der Waals surface area contributed by atoms with Crippen molar-refractivity contribution in [1.29, 1.82) is 0 Å². The van der Waals surface area contributed by atoms with Gasteiger partial charge < -0.3 is 24.1 Å². The van der Waals surface area contributed by atoms with Crippen LogP contribution in [0.2, 0.25) is 0 Å². The van der Waals surface area contributed by atoms with E-state index in [-0.39, 0.29) is 13.0 Å². The summed E-state index contributed by atoms with van der Waals surface area (Å²) in [6, 6.07) is 15.8. The molecule has 8 nitrogen and oxygen atoms in total. The van der Waals surface area contributed by atoms with Crippen molar-refractivity contribution >= 4 is 12.1 Å². The molecule has 0 saturated heterocycles. The zero-order valence-electron chi connectivity index (χ0n) is 17.8. The lowest BCUT2D eigenvalue weighted by molar-refractivity contribution is -0.143. The van der Waals surface area contributed by atoms with Gasteiger partial charge in [-0.25, -0.2) is 14.6 Å². The highest BCUT2D eigenvalue weighted by atomic mass is 16.6. The van der Waals surface area contributed by atoms with Crippen LogP contribution < -0.4 is 10.1 Å². The van der Waals surface area contributed by atoms with E-state index in [1.54, 1.807) is 23.2 Å². The van der Waals surface area contributed by atoms with E-state index < -0.39 is 18.1 Å². The molecule has 1 atom stereocenters. The molecule has 0 aliphatic rings. The van der Waals surface area contributed by atoms with Crippen LogP contribution in [0.3, 0.4) is 0 Å². The maximum Gasteiger partial charge on any atom is 0.408 e. The Kier molecular flexibility index (Phi) is 8.02. The first kappa shape index (κ1) is 22.6. The van der Waals surface area contributed by atoms with Crippen LogP contribution in [-0.2, 0) is 27.3 Å². The van der Waals surface area contributed by atoms with Crippen molar-refractivity contribution < 1.29 is 23.8 Å². The zero-order valence-corrected chi connectivity index (χ0v) is 17.8. The molecule has 0 aliphatic carbocycles. The predicted molar refractivity (Wildman–Crippen MR) is 119 cm³/mol. The standard InChI is InChI=1S/C24H25N3O5/c1-3-13-31-22-12-8-7-11-21(22)27-15-19(25-17-27)14-20(23(28)30-2)26-24(29)32-16-18-9-5-4-6-10-18/h3-12,15,17,20H,1,13-14,16H2,2H3,(H,26,29)/t20-/m0/s1. The van der Waals surface area contributed by atoms with Crippen LogP contribution in [0, 0.1) is 0 Å². The van der Waals surface area contributed by atoms with E-state index in [0.717, 1.165) is 11.3 Å². The number of nitrogens with zero attached hydrogens (tertiary/aromatic N) is 2. The Balaban J connectivity index is 1.66. The molecule has 0 bridgehead atoms. The van der Waals surface area contributed by atoms with Gasteiger partial charge in [0.15, 0.2) is 0 Å². The zero-order chi connectivity index (χ0) is 22.8. The molecule has 1 heterocycles. The lowest BCUT2D eigenvalue weighted by Gasteiger charge is -2.15. The Bertz CT molecular complexity index is 1050. The molecule has 8 heteroatoms. The van der Waals surface area contributed by atoms with Crippen molar-refractivity contribution in [3.63, 3.8) is 0 Å². The molecule has 0 unspecified atom stereocenters. The molecular weight excluding hydrogens is 410 g/mol. The van der Waals surface area contributed by atoms with Crippen LogP contribution in [0.4, 0.5) is 4.79 Å². The van der Waals surface area contributed by atoms with Gasteiger partial charge in [0.25, 0.3) is 0 Å². The van der Waals surface area contributed by atoms with E-state index >= 15 is 0 Å². The third-order valence-electron chi connectivity index (χ3n) is 4.54. The number of benzene rings is 2. The number of methoxy groups -OCH3 is 1. The molecule has 3 rings (SSSR count). The number of para-hydroxylation sites is 2. The Morgan fingerprint density at radius 1 is 1.16 bits per heavy atom. The molecule has 1 amide bonds. The van der Waals surface area contributed by atoms with Crippen molar-refractivity contribution in [2.45, 2.75) is 19.1 Å². The second-order valence-electron chi connectivity index (χ2n) is 6.83. The topological polar surface area (TPSA) is 91.7 Å². The number of hydrogen-bond donors (Lipinski definition) is 1. The van der Waals surface area contributed by atoms with Gasteiger partial charge in [0.2, 0.25) is 0 Å². The van der Waals surface area contributed by atoms with Gasteiger partial charge in [0.05, 0.1) is 24.8 Å². The van der Waals surface area contributed by atoms with Crippen molar-refractivity contribution in [1.82, 2.24) is 14.9 Å². The van der Waals surface area contributed by atoms with Crippen molar-refractivity contribution in [2.75, 3.05) is 13.7 Å². The van der Waals surface area contributed by atoms with E-state index in [4.69, 9.17) is 14.2 Å². The van der Waals surface area contributed by atoms with Gasteiger partial charge >= 0.3 is 12.1 Å². The van der Waals surface area contributed by atoms with Crippen LogP contribution in [0.15, 0.2) is 79.8 Å². The lowest BCUT2D eigenvalue weighted by atomic mass is 10.1. The van der Waals surface area contributed by atoms with Gasteiger partial charge in [-0.3, -0.25) is 0 Å². The number of nitrogens with one attached hydrogen (secondary N) is 1. The second kappa shape index (κ2) is 11.4. The van der Waals surface area contributed by atoms with Crippen LogP contribution in [0.5, 0.6) is 5.75 Å². The minimum Gasteiger partial charge on any atom is -0.487 e. The van der Waals surface area contributed by atoms with E-state index in [0.29, 0.717) is 18.1 Å². The lowest BCUT2D eigenvalue weighted by Crippen LogP contribution is -2.43. The third kappa shape index (κ3) is 6.21. The molecule has 2 aromatic carbocycles. The largest absolute Gasteiger partial charge is 0.487 e. The summed E-state index contributed by atoms with van der Waals surface area (Å²) in [5, 5.41) is 2.55. The fraction of sp³-hybridized carbons (Fsp3) is 0.208. The number of ether oxygens (including phenoxy) is 3. The first-order chi connectivity index (χ1) is 15.6. The first-order valence-corrected chi connectivity index (χ1v) is 10.0. The van der Waals surface area contributed by atoms with Crippen molar-refractivity contribution in [3.05, 3.63) is 91.0 Å². The fourth-order valence-electron chi connectivity index (χ4n) is 2.99. The van der Waals surface area contributed by atoms with Crippen LogP contribution in [0.1, 0.15) is 11.3 Å². The van der Waals surface area contributed by atoms with Gasteiger partial charge in [0.1, 0.15) is 25.0 Å². The summed E-state index contributed by atoms with van der Waals surface area (Å²) in [7, 11) is 1.26. The minimum absolute atomic E-state index is 0.0939. The molecular formula is C24H25N3O5. The van der Waals surface area contributed by atoms with Gasteiger partial charge in [-0.15, -0.1) is 0 Å². The number of esters is 1. The third-order valence-corrected chi connectivity index (χ3v) is 4.54. The number of amides is 1. The Morgan fingerprint density at radius 3 is 2.66 bits per heavy atom. The monoisotopic (exact) mass is 435 g/mol. The van der Waals surface area contributed by atoms with Crippen LogP contribution >= 0.6 is 0 Å². The highest BCUT2D eigenvalue weighted by Gasteiger charge is 2.24. The van der Waals surface area contributed by atoms with Crippen molar-refractivity contribution in [3.8, 4) is 11.4 Å². The summed E-state index contributed by atoms with van der Waals surface area (Å²) in [5.74, 6) is 0.0782. The quantitative estimate of drug-likeness (QED) is 0.387. The summed E-state index contributed by atoms with van der Waals surface area (Å²) in [5.41, 5.74) is 2.22. The summed E-state index contributed by atoms with van der Waals surface area (Å²) in [6.45, 7) is 4.13. The number of carbonyl (C=O) groups excluding carboxylic acids is 2. The van der Waals surface area contributed by atoms with Crippen molar-refractivity contribution in [2.24, 2.45) is 0 Å². The van der Waals surface area contributed by atoms with E-state index in [2.05, 4.69) is 16.9 Å². The summed E-state index contributed by atoms with van der Waals surface area (Å²) in [4.78, 5) is 28.8. The Labute approximate surface area is 186 Å². The highest BCUT2D eigenvalue weighted by Crippen LogP contribution is 2.23. The average Bonchev–Trinajstić information content (AvgIpc) is 3.29. The van der Waals surface area contributed by atoms with E-state index in [1.807, 2.05) is 54.6 Å². The first-order valence-electron chi connectivity index (χ1n) is 10.0. The van der Waals surface area contributed by atoms with E-state index in [9.17, 15) is 9.59 Å². The summed E-state index contributed by atoms with van der Waals surface area (Å²) in [6.07, 6.45) is 4.47. The minimum atomic E-state index is -0.945. The van der Waals surface area contributed by atoms with Crippen LogP contribution in [0.25, 0.3) is 5.69 Å². The maximum atomic E-state index is 12.2. The molecule has 0 aliphatic heterocycles. The molecule has 32 heavy (non-hydrogen) atoms. The molecule has 0 spiro atoms. The van der Waals surface area contributed by atoms with Crippen LogP contribution in [-0.4, -0.2) is 41.4 Å². The number of alkyl carbamates (subject to hydrolysis) is 1. The summed E-state index contributed by atoms with van der Waals surface area (Å²) >= 11 is 0. The van der Waals surface area contributed by atoms with Gasteiger partial charge in [0, 0.05) is 12.6 Å². The van der Waals surface area contributed by atoms with Gasteiger partial charge in [-0.05, 0) is 17.7 Å². The predicted octanol–water partition coefficient (Wildman–Crippen LogP) is 3.45.